The van der Waals surface area contributed by atoms with E-state index in [2.05, 4.69) is 24.5 Å². The van der Waals surface area contributed by atoms with Crippen LogP contribution < -0.4 is 16.4 Å². The van der Waals surface area contributed by atoms with Crippen molar-refractivity contribution >= 4 is 24.0 Å². The predicted molar refractivity (Wildman–Crippen MR) is 91.8 cm³/mol. The lowest BCUT2D eigenvalue weighted by atomic mass is 10.0. The molecule has 0 aliphatic carbocycles. The molecule has 0 heterocycles. The minimum absolute atomic E-state index is 0. The fraction of sp³-hybridized carbons (Fsp3) is 0.562. The maximum Gasteiger partial charge on any atom is 0.236 e. The minimum atomic E-state index is -0.399. The monoisotopic (exact) mass is 313 g/mol. The Morgan fingerprint density at radius 1 is 1.24 bits per heavy atom. The van der Waals surface area contributed by atoms with Gasteiger partial charge in [0, 0.05) is 18.3 Å². The standard InChI is InChI=1S/C16H27N3O.ClH/c1-4-8-14(17)16(20)18-11-15(12(2)3)19-13-9-6-5-7-10-13;/h5-7,9-10,12,14-15,19H,4,8,11,17H2,1-3H3,(H,18,20);1H. The normalized spacial score (nSPS) is 13.2. The summed E-state index contributed by atoms with van der Waals surface area (Å²) in [6.07, 6.45) is 1.65. The van der Waals surface area contributed by atoms with Crippen LogP contribution in [0.15, 0.2) is 30.3 Å². The van der Waals surface area contributed by atoms with Crippen LogP contribution in [0.3, 0.4) is 0 Å². The topological polar surface area (TPSA) is 67.2 Å². The van der Waals surface area contributed by atoms with Crippen LogP contribution >= 0.6 is 12.4 Å². The highest BCUT2D eigenvalue weighted by Crippen LogP contribution is 2.11. The third-order valence-electron chi connectivity index (χ3n) is 3.36. The summed E-state index contributed by atoms with van der Waals surface area (Å²) in [5.41, 5.74) is 6.88. The molecule has 4 nitrogen and oxygen atoms in total. The number of anilines is 1. The molecule has 120 valence electrons. The zero-order valence-electron chi connectivity index (χ0n) is 13.1. The van der Waals surface area contributed by atoms with Gasteiger partial charge in [-0.3, -0.25) is 4.79 Å². The summed E-state index contributed by atoms with van der Waals surface area (Å²) in [6, 6.07) is 9.83. The van der Waals surface area contributed by atoms with E-state index in [0.29, 0.717) is 12.5 Å². The number of rotatable bonds is 8. The van der Waals surface area contributed by atoms with Crippen LogP contribution in [0.25, 0.3) is 0 Å². The first kappa shape index (κ1) is 19.7. The summed E-state index contributed by atoms with van der Waals surface area (Å²) in [5.74, 6) is 0.352. The largest absolute Gasteiger partial charge is 0.380 e. The molecule has 0 aliphatic rings. The Morgan fingerprint density at radius 3 is 2.38 bits per heavy atom. The molecule has 0 radical (unpaired) electrons. The number of nitrogens with one attached hydrogen (secondary N) is 2. The van der Waals surface area contributed by atoms with Crippen molar-refractivity contribution in [3.63, 3.8) is 0 Å². The van der Waals surface area contributed by atoms with Gasteiger partial charge in [0.15, 0.2) is 0 Å². The molecule has 1 aromatic rings. The number of benzene rings is 1. The maximum absolute atomic E-state index is 11.8. The first-order valence-corrected chi connectivity index (χ1v) is 7.39. The number of carbonyl (C=O) groups excluding carboxylic acids is 1. The fourth-order valence-corrected chi connectivity index (χ4v) is 1.99. The Labute approximate surface area is 134 Å². The SMILES string of the molecule is CCCC(N)C(=O)NCC(Nc1ccccc1)C(C)C.Cl. The van der Waals surface area contributed by atoms with E-state index < -0.39 is 6.04 Å². The van der Waals surface area contributed by atoms with Gasteiger partial charge in [0.05, 0.1) is 6.04 Å². The van der Waals surface area contributed by atoms with E-state index in [0.717, 1.165) is 18.5 Å². The van der Waals surface area contributed by atoms with Crippen molar-refractivity contribution in [3.8, 4) is 0 Å². The van der Waals surface area contributed by atoms with Crippen molar-refractivity contribution in [1.82, 2.24) is 5.32 Å². The molecule has 0 aromatic heterocycles. The zero-order valence-corrected chi connectivity index (χ0v) is 14.0. The van der Waals surface area contributed by atoms with E-state index >= 15 is 0 Å². The molecule has 0 fully saturated rings. The van der Waals surface area contributed by atoms with Crippen molar-refractivity contribution in [2.24, 2.45) is 11.7 Å². The molecule has 0 bridgehead atoms. The highest BCUT2D eigenvalue weighted by atomic mass is 35.5. The lowest BCUT2D eigenvalue weighted by Gasteiger charge is -2.24. The van der Waals surface area contributed by atoms with Crippen LogP contribution in [-0.4, -0.2) is 24.5 Å². The zero-order chi connectivity index (χ0) is 15.0. The Hall–Kier alpha value is -1.26. The van der Waals surface area contributed by atoms with Crippen LogP contribution in [0, 0.1) is 5.92 Å². The van der Waals surface area contributed by atoms with E-state index in [1.54, 1.807) is 0 Å². The Kier molecular flexibility index (Phi) is 9.84. The van der Waals surface area contributed by atoms with Crippen LogP contribution in [0.2, 0.25) is 0 Å². The van der Waals surface area contributed by atoms with Gasteiger partial charge in [-0.15, -0.1) is 12.4 Å². The van der Waals surface area contributed by atoms with Gasteiger partial charge in [0.25, 0.3) is 0 Å². The van der Waals surface area contributed by atoms with Crippen LogP contribution in [0.4, 0.5) is 5.69 Å². The number of para-hydroxylation sites is 1. The Bertz CT molecular complexity index is 398. The number of halogens is 1. The van der Waals surface area contributed by atoms with Gasteiger partial charge in [-0.1, -0.05) is 45.4 Å². The molecular formula is C16H28ClN3O. The van der Waals surface area contributed by atoms with Gasteiger partial charge in [0.1, 0.15) is 0 Å². The first-order chi connectivity index (χ1) is 9.54. The Balaban J connectivity index is 0.00000400. The summed E-state index contributed by atoms with van der Waals surface area (Å²) in [4.78, 5) is 11.8. The molecule has 0 saturated heterocycles. The molecule has 0 spiro atoms. The lowest BCUT2D eigenvalue weighted by molar-refractivity contribution is -0.122. The third kappa shape index (κ3) is 7.34. The molecular weight excluding hydrogens is 286 g/mol. The molecule has 2 unspecified atom stereocenters. The molecule has 0 saturated carbocycles. The highest BCUT2D eigenvalue weighted by Gasteiger charge is 2.17. The van der Waals surface area contributed by atoms with Gasteiger partial charge < -0.3 is 16.4 Å². The number of amides is 1. The number of carbonyl (C=O) groups is 1. The van der Waals surface area contributed by atoms with E-state index in [1.807, 2.05) is 37.3 Å². The van der Waals surface area contributed by atoms with Crippen molar-refractivity contribution in [2.45, 2.75) is 45.7 Å². The van der Waals surface area contributed by atoms with Gasteiger partial charge in [-0.05, 0) is 24.5 Å². The summed E-state index contributed by atoms with van der Waals surface area (Å²) in [7, 11) is 0. The lowest BCUT2D eigenvalue weighted by Crippen LogP contribution is -2.46. The van der Waals surface area contributed by atoms with Crippen LogP contribution in [-0.2, 0) is 4.79 Å². The van der Waals surface area contributed by atoms with Gasteiger partial charge in [0.2, 0.25) is 5.91 Å². The molecule has 1 amide bonds. The van der Waals surface area contributed by atoms with Crippen molar-refractivity contribution in [1.29, 1.82) is 0 Å². The predicted octanol–water partition coefficient (Wildman–Crippen LogP) is 2.79. The second-order valence-corrected chi connectivity index (χ2v) is 5.50. The average Bonchev–Trinajstić information content (AvgIpc) is 2.44. The van der Waals surface area contributed by atoms with Crippen molar-refractivity contribution in [2.75, 3.05) is 11.9 Å². The summed E-state index contributed by atoms with van der Waals surface area (Å²) in [6.45, 7) is 6.89. The quantitative estimate of drug-likeness (QED) is 0.691. The molecule has 4 N–H and O–H groups in total. The van der Waals surface area contributed by atoms with Gasteiger partial charge in [-0.2, -0.15) is 0 Å². The van der Waals surface area contributed by atoms with Crippen LogP contribution in [0.5, 0.6) is 0 Å². The Morgan fingerprint density at radius 2 is 1.86 bits per heavy atom. The smallest absolute Gasteiger partial charge is 0.236 e. The van der Waals surface area contributed by atoms with E-state index in [1.165, 1.54) is 0 Å². The first-order valence-electron chi connectivity index (χ1n) is 7.39. The number of nitrogens with two attached hydrogens (primary N) is 1. The van der Waals surface area contributed by atoms with E-state index in [9.17, 15) is 4.79 Å². The number of hydrogen-bond acceptors (Lipinski definition) is 3. The van der Waals surface area contributed by atoms with E-state index in [4.69, 9.17) is 5.73 Å². The molecule has 2 atom stereocenters. The number of hydrogen-bond donors (Lipinski definition) is 3. The van der Waals surface area contributed by atoms with Crippen molar-refractivity contribution < 1.29 is 4.79 Å². The van der Waals surface area contributed by atoms with Crippen molar-refractivity contribution in [3.05, 3.63) is 30.3 Å². The minimum Gasteiger partial charge on any atom is -0.380 e. The van der Waals surface area contributed by atoms with E-state index in [-0.39, 0.29) is 24.4 Å². The second kappa shape index (κ2) is 10.5. The molecule has 1 aromatic carbocycles. The molecule has 1 rings (SSSR count). The fourth-order valence-electron chi connectivity index (χ4n) is 1.99. The van der Waals surface area contributed by atoms with Gasteiger partial charge >= 0.3 is 0 Å². The third-order valence-corrected chi connectivity index (χ3v) is 3.36. The van der Waals surface area contributed by atoms with Gasteiger partial charge in [-0.25, -0.2) is 0 Å². The maximum atomic E-state index is 11.8. The molecule has 5 heteroatoms. The summed E-state index contributed by atoms with van der Waals surface area (Å²) < 4.78 is 0. The molecule has 21 heavy (non-hydrogen) atoms. The average molecular weight is 314 g/mol. The molecule has 0 aliphatic heterocycles. The summed E-state index contributed by atoms with van der Waals surface area (Å²) in [5, 5.41) is 6.39. The van der Waals surface area contributed by atoms with Crippen LogP contribution in [0.1, 0.15) is 33.6 Å². The highest BCUT2D eigenvalue weighted by molar-refractivity contribution is 5.85. The second-order valence-electron chi connectivity index (χ2n) is 5.50. The summed E-state index contributed by atoms with van der Waals surface area (Å²) >= 11 is 0.